The number of nitrogens with two attached hydrogens (primary N) is 2. The van der Waals surface area contributed by atoms with Crippen LogP contribution >= 0.6 is 38.5 Å². The number of hydrogen-bond acceptors (Lipinski definition) is 5. The number of nitrogens with zero attached hydrogens (tertiary/aromatic N) is 3. The van der Waals surface area contributed by atoms with E-state index in [-0.39, 0.29) is 11.6 Å². The minimum Gasteiger partial charge on any atom is -0.369 e. The summed E-state index contributed by atoms with van der Waals surface area (Å²) < 4.78 is 2.15. The Morgan fingerprint density at radius 2 is 1.90 bits per heavy atom. The number of anilines is 1. The number of rotatable bonds is 1. The second-order valence-corrected chi connectivity index (χ2v) is 7.35. The molecular weight excluding hydrogens is 445 g/mol. The fraction of sp³-hybridized carbons (Fsp3) is 0.429. The van der Waals surface area contributed by atoms with Crippen molar-refractivity contribution in [2.75, 3.05) is 4.90 Å². The van der Waals surface area contributed by atoms with Crippen LogP contribution in [-0.4, -0.2) is 17.6 Å². The molecule has 4 N–H and O–H groups in total. The highest BCUT2D eigenvalue weighted by atomic mass is 127. The lowest BCUT2D eigenvalue weighted by molar-refractivity contribution is 0.305. The molecule has 112 valence electrons. The summed E-state index contributed by atoms with van der Waals surface area (Å²) in [5.74, 6) is 0.708. The molecule has 7 heteroatoms. The predicted molar refractivity (Wildman–Crippen MR) is 98.4 cm³/mol. The van der Waals surface area contributed by atoms with E-state index < -0.39 is 0 Å². The van der Waals surface area contributed by atoms with E-state index >= 15 is 0 Å². The molecule has 1 spiro atoms. The van der Waals surface area contributed by atoms with Crippen LogP contribution in [0.1, 0.15) is 32.1 Å². The molecule has 1 fully saturated rings. The van der Waals surface area contributed by atoms with Crippen LogP contribution in [0.2, 0.25) is 0 Å². The summed E-state index contributed by atoms with van der Waals surface area (Å²) in [7, 11) is 0. The molecule has 1 aromatic carbocycles. The van der Waals surface area contributed by atoms with Crippen molar-refractivity contribution in [3.63, 3.8) is 0 Å². The minimum absolute atomic E-state index is 0.285. The fourth-order valence-corrected chi connectivity index (χ4v) is 4.06. The van der Waals surface area contributed by atoms with Gasteiger partial charge < -0.3 is 11.5 Å². The maximum atomic E-state index is 6.22. The third kappa shape index (κ3) is 2.65. The lowest BCUT2D eigenvalue weighted by Gasteiger charge is -2.46. The van der Waals surface area contributed by atoms with Gasteiger partial charge in [-0.1, -0.05) is 12.5 Å². The van der Waals surface area contributed by atoms with Crippen LogP contribution in [0.4, 0.5) is 5.69 Å². The van der Waals surface area contributed by atoms with Gasteiger partial charge in [0.05, 0.1) is 10.2 Å². The molecule has 0 aromatic heterocycles. The summed E-state index contributed by atoms with van der Waals surface area (Å²) in [4.78, 5) is 10.9. The molecule has 0 radical (unpaired) electrons. The van der Waals surface area contributed by atoms with Crippen molar-refractivity contribution in [3.05, 3.63) is 26.2 Å². The highest BCUT2D eigenvalue weighted by molar-refractivity contribution is 14.1. The van der Waals surface area contributed by atoms with Gasteiger partial charge in [0.25, 0.3) is 0 Å². The summed E-state index contributed by atoms with van der Waals surface area (Å²) in [5, 5.41) is 0. The van der Waals surface area contributed by atoms with Gasteiger partial charge in [-0.25, -0.2) is 4.99 Å². The maximum absolute atomic E-state index is 6.22. The molecule has 1 aliphatic carbocycles. The van der Waals surface area contributed by atoms with Crippen molar-refractivity contribution in [2.24, 2.45) is 21.5 Å². The van der Waals surface area contributed by atoms with Gasteiger partial charge in [0.15, 0.2) is 0 Å². The van der Waals surface area contributed by atoms with E-state index in [1.165, 1.54) is 6.42 Å². The third-order valence-electron chi connectivity index (χ3n) is 4.02. The average molecular weight is 462 g/mol. The highest BCUT2D eigenvalue weighted by Gasteiger charge is 2.43. The standard InChI is InChI=1S/C14H17BrIN5/c15-11-9(16)5-4-6-10(11)21-13(18)19-12(17)20-14(21)7-2-1-3-8-14/h4-6H,1-3,7-8H2,(H4,17,18,19,20). The Morgan fingerprint density at radius 1 is 1.19 bits per heavy atom. The second kappa shape index (κ2) is 5.75. The van der Waals surface area contributed by atoms with Gasteiger partial charge in [0, 0.05) is 3.57 Å². The smallest absolute Gasteiger partial charge is 0.220 e. The first-order valence-electron chi connectivity index (χ1n) is 6.97. The molecule has 21 heavy (non-hydrogen) atoms. The summed E-state index contributed by atoms with van der Waals surface area (Å²) in [5.41, 5.74) is 12.7. The normalized spacial score (nSPS) is 21.1. The molecule has 0 amide bonds. The Bertz CT molecular complexity index is 622. The van der Waals surface area contributed by atoms with E-state index in [0.717, 1.165) is 39.4 Å². The number of guanidine groups is 2. The lowest BCUT2D eigenvalue weighted by Crippen LogP contribution is -2.58. The number of aliphatic imine (C=N–C) groups is 2. The molecule has 2 aliphatic rings. The molecule has 0 bridgehead atoms. The molecular formula is C14H17BrIN5. The zero-order chi connectivity index (χ0) is 15.0. The van der Waals surface area contributed by atoms with Gasteiger partial charge in [0.2, 0.25) is 11.9 Å². The quantitative estimate of drug-likeness (QED) is 0.630. The van der Waals surface area contributed by atoms with Crippen LogP contribution in [0.5, 0.6) is 0 Å². The second-order valence-electron chi connectivity index (χ2n) is 5.39. The van der Waals surface area contributed by atoms with E-state index in [2.05, 4.69) is 59.5 Å². The molecule has 1 saturated carbocycles. The molecule has 0 atom stereocenters. The monoisotopic (exact) mass is 461 g/mol. The van der Waals surface area contributed by atoms with Gasteiger partial charge in [-0.3, -0.25) is 4.90 Å². The van der Waals surface area contributed by atoms with Gasteiger partial charge in [-0.15, -0.1) is 0 Å². The van der Waals surface area contributed by atoms with Gasteiger partial charge in [-0.2, -0.15) is 4.99 Å². The van der Waals surface area contributed by atoms with Crippen molar-refractivity contribution < 1.29 is 0 Å². The van der Waals surface area contributed by atoms with Gasteiger partial charge >= 0.3 is 0 Å². The van der Waals surface area contributed by atoms with E-state index in [1.807, 2.05) is 12.1 Å². The first kappa shape index (κ1) is 15.1. The molecule has 0 unspecified atom stereocenters. The van der Waals surface area contributed by atoms with Crippen LogP contribution < -0.4 is 16.4 Å². The molecule has 0 saturated heterocycles. The number of benzene rings is 1. The van der Waals surface area contributed by atoms with Crippen molar-refractivity contribution in [1.82, 2.24) is 0 Å². The largest absolute Gasteiger partial charge is 0.369 e. The van der Waals surface area contributed by atoms with Gasteiger partial charge in [0.1, 0.15) is 5.66 Å². The van der Waals surface area contributed by atoms with Crippen LogP contribution in [-0.2, 0) is 0 Å². The van der Waals surface area contributed by atoms with Gasteiger partial charge in [-0.05, 0) is 76.3 Å². The Hall–Kier alpha value is -0.830. The van der Waals surface area contributed by atoms with Crippen molar-refractivity contribution >= 4 is 56.1 Å². The Kier molecular flexibility index (Phi) is 4.13. The summed E-state index contributed by atoms with van der Waals surface area (Å²) in [6.45, 7) is 0. The molecule has 1 aliphatic heterocycles. The predicted octanol–water partition coefficient (Wildman–Crippen LogP) is 3.16. The first-order valence-corrected chi connectivity index (χ1v) is 8.84. The number of hydrogen-bond donors (Lipinski definition) is 2. The third-order valence-corrected chi connectivity index (χ3v) is 6.50. The van der Waals surface area contributed by atoms with E-state index in [4.69, 9.17) is 11.5 Å². The molecule has 3 rings (SSSR count). The minimum atomic E-state index is -0.388. The SMILES string of the molecule is NC1=NC2(CCCCC2)N(c2cccc(I)c2Br)C(N)=N1. The van der Waals surface area contributed by atoms with Crippen LogP contribution in [0, 0.1) is 3.57 Å². The zero-order valence-corrected chi connectivity index (χ0v) is 15.3. The molecule has 5 nitrogen and oxygen atoms in total. The van der Waals surface area contributed by atoms with E-state index in [1.54, 1.807) is 0 Å². The van der Waals surface area contributed by atoms with Crippen molar-refractivity contribution in [3.8, 4) is 0 Å². The van der Waals surface area contributed by atoms with E-state index in [9.17, 15) is 0 Å². The topological polar surface area (TPSA) is 80.0 Å². The van der Waals surface area contributed by atoms with E-state index in [0.29, 0.717) is 5.96 Å². The summed E-state index contributed by atoms with van der Waals surface area (Å²) in [6, 6.07) is 6.12. The summed E-state index contributed by atoms with van der Waals surface area (Å²) >= 11 is 5.97. The summed E-state index contributed by atoms with van der Waals surface area (Å²) in [6.07, 6.45) is 5.38. The van der Waals surface area contributed by atoms with Crippen LogP contribution in [0.15, 0.2) is 32.7 Å². The van der Waals surface area contributed by atoms with Crippen molar-refractivity contribution in [1.29, 1.82) is 0 Å². The molecule has 1 heterocycles. The lowest BCUT2D eigenvalue weighted by atomic mass is 9.87. The Labute approximate surface area is 146 Å². The highest BCUT2D eigenvalue weighted by Crippen LogP contribution is 2.42. The Morgan fingerprint density at radius 3 is 2.62 bits per heavy atom. The van der Waals surface area contributed by atoms with Crippen LogP contribution in [0.3, 0.4) is 0 Å². The Balaban J connectivity index is 2.13. The fourth-order valence-electron chi connectivity index (χ4n) is 3.13. The van der Waals surface area contributed by atoms with Crippen molar-refractivity contribution in [2.45, 2.75) is 37.8 Å². The first-order chi connectivity index (χ1) is 10.0. The number of halogens is 2. The van der Waals surface area contributed by atoms with Crippen LogP contribution in [0.25, 0.3) is 0 Å². The zero-order valence-electron chi connectivity index (χ0n) is 11.5. The average Bonchev–Trinajstić information content (AvgIpc) is 2.43. The molecule has 1 aromatic rings. The maximum Gasteiger partial charge on any atom is 0.220 e.